The predicted molar refractivity (Wildman–Crippen MR) is 55.4 cm³/mol. The van der Waals surface area contributed by atoms with Crippen molar-refractivity contribution in [3.8, 4) is 0 Å². The number of nitro groups is 1. The van der Waals surface area contributed by atoms with E-state index in [2.05, 4.69) is 0 Å². The van der Waals surface area contributed by atoms with E-state index in [9.17, 15) is 22.9 Å². The van der Waals surface area contributed by atoms with E-state index in [1.807, 2.05) is 0 Å². The zero-order valence-electron chi connectivity index (χ0n) is 8.68. The maximum absolute atomic E-state index is 13.0. The zero-order valence-corrected chi connectivity index (χ0v) is 9.49. The molecule has 0 fully saturated rings. The van der Waals surface area contributed by atoms with Crippen molar-refractivity contribution in [2.24, 2.45) is 0 Å². The van der Waals surface area contributed by atoms with Crippen LogP contribution in [0.25, 0.3) is 0 Å². The zero-order chi connectivity index (χ0) is 12.5. The van der Waals surface area contributed by atoms with E-state index in [1.165, 1.54) is 13.8 Å². The Balaban J connectivity index is 3.40. The van der Waals surface area contributed by atoms with Crippen LogP contribution in [0.4, 0.5) is 10.1 Å². The van der Waals surface area contributed by atoms with E-state index in [-0.39, 0.29) is 4.90 Å². The summed E-state index contributed by atoms with van der Waals surface area (Å²) in [5, 5.41) is 9.73. The lowest BCUT2D eigenvalue weighted by Crippen LogP contribution is -2.14. The molecule has 0 N–H and O–H groups in total. The van der Waals surface area contributed by atoms with Crippen LogP contribution in [0, 0.1) is 15.9 Å². The number of halogens is 1. The van der Waals surface area contributed by atoms with Gasteiger partial charge in [-0.1, -0.05) is 0 Å². The molecule has 88 valence electrons. The highest BCUT2D eigenvalue weighted by atomic mass is 32.2. The molecule has 0 aliphatic heterocycles. The molecule has 0 spiro atoms. The average Bonchev–Trinajstić information content (AvgIpc) is 2.17. The molecule has 1 rings (SSSR count). The molecule has 0 bridgehead atoms. The number of rotatable bonds is 3. The quantitative estimate of drug-likeness (QED) is 0.464. The molecule has 0 amide bonds. The first-order chi connectivity index (χ1) is 7.26. The lowest BCUT2D eigenvalue weighted by atomic mass is 10.3. The number of nitrogens with zero attached hydrogens (tertiary/aromatic N) is 1. The average molecular weight is 247 g/mol. The fraction of sp³-hybridized carbons (Fsp3) is 0.333. The van der Waals surface area contributed by atoms with Crippen LogP contribution < -0.4 is 0 Å². The number of sulfone groups is 1. The van der Waals surface area contributed by atoms with Gasteiger partial charge in [-0.15, -0.1) is 0 Å². The Morgan fingerprint density at radius 3 is 2.38 bits per heavy atom. The van der Waals surface area contributed by atoms with Crippen LogP contribution in [-0.2, 0) is 9.84 Å². The molecule has 7 heteroatoms. The molecule has 0 saturated heterocycles. The van der Waals surface area contributed by atoms with Crippen molar-refractivity contribution in [1.29, 1.82) is 0 Å². The maximum Gasteiger partial charge on any atom is 0.306 e. The Hall–Kier alpha value is -1.50. The normalized spacial score (nSPS) is 11.8. The van der Waals surface area contributed by atoms with Gasteiger partial charge in [0.15, 0.2) is 9.84 Å². The van der Waals surface area contributed by atoms with E-state index in [0.717, 1.165) is 18.2 Å². The minimum atomic E-state index is -3.62. The minimum absolute atomic E-state index is 0.240. The van der Waals surface area contributed by atoms with Crippen molar-refractivity contribution >= 4 is 15.5 Å². The summed E-state index contributed by atoms with van der Waals surface area (Å²) in [5.74, 6) is -1.05. The Bertz CT molecular complexity index is 524. The fourth-order valence-electron chi connectivity index (χ4n) is 1.08. The lowest BCUT2D eigenvalue weighted by molar-refractivity contribution is -0.387. The van der Waals surface area contributed by atoms with Crippen molar-refractivity contribution < 1.29 is 17.7 Å². The molecule has 0 aromatic heterocycles. The third kappa shape index (κ3) is 2.19. The molecular weight excluding hydrogens is 237 g/mol. The Kier molecular flexibility index (Phi) is 3.27. The molecule has 5 nitrogen and oxygen atoms in total. The van der Waals surface area contributed by atoms with E-state index >= 15 is 0 Å². The Labute approximate surface area is 92.0 Å². The number of nitro benzene ring substituents is 1. The first-order valence-corrected chi connectivity index (χ1v) is 5.99. The molecule has 1 aromatic carbocycles. The van der Waals surface area contributed by atoms with Crippen LogP contribution in [0.3, 0.4) is 0 Å². The number of benzene rings is 1. The molecule has 1 aromatic rings. The second-order valence-corrected chi connectivity index (χ2v) is 5.97. The van der Waals surface area contributed by atoms with Gasteiger partial charge in [0.1, 0.15) is 0 Å². The summed E-state index contributed by atoms with van der Waals surface area (Å²) < 4.78 is 36.3. The molecule has 0 heterocycles. The summed E-state index contributed by atoms with van der Waals surface area (Å²) in [5.41, 5.74) is -0.832. The van der Waals surface area contributed by atoms with Gasteiger partial charge in [0, 0.05) is 6.07 Å². The molecule has 0 aliphatic carbocycles. The smallest absolute Gasteiger partial charge is 0.258 e. The predicted octanol–water partition coefficient (Wildman–Crippen LogP) is 1.92. The highest BCUT2D eigenvalue weighted by Crippen LogP contribution is 2.23. The van der Waals surface area contributed by atoms with Crippen molar-refractivity contribution in [3.05, 3.63) is 34.1 Å². The van der Waals surface area contributed by atoms with Gasteiger partial charge < -0.3 is 0 Å². The summed E-state index contributed by atoms with van der Waals surface area (Å²) in [6.45, 7) is 2.90. The van der Waals surface area contributed by atoms with Gasteiger partial charge in [-0.2, -0.15) is 4.39 Å². The van der Waals surface area contributed by atoms with E-state index in [1.54, 1.807) is 0 Å². The highest BCUT2D eigenvalue weighted by Gasteiger charge is 2.23. The first-order valence-electron chi connectivity index (χ1n) is 4.44. The van der Waals surface area contributed by atoms with Crippen LogP contribution in [0.5, 0.6) is 0 Å². The summed E-state index contributed by atoms with van der Waals surface area (Å²) in [6.07, 6.45) is 0. The maximum atomic E-state index is 13.0. The van der Waals surface area contributed by atoms with E-state index in [4.69, 9.17) is 0 Å². The van der Waals surface area contributed by atoms with Crippen molar-refractivity contribution in [2.45, 2.75) is 24.0 Å². The third-order valence-electron chi connectivity index (χ3n) is 2.06. The minimum Gasteiger partial charge on any atom is -0.258 e. The summed E-state index contributed by atoms with van der Waals surface area (Å²) in [6, 6.07) is 2.55. The van der Waals surface area contributed by atoms with Gasteiger partial charge in [0.2, 0.25) is 5.82 Å². The van der Waals surface area contributed by atoms with Crippen molar-refractivity contribution in [3.63, 3.8) is 0 Å². The topological polar surface area (TPSA) is 77.3 Å². The molecule has 0 radical (unpaired) electrons. The lowest BCUT2D eigenvalue weighted by Gasteiger charge is -2.07. The van der Waals surface area contributed by atoms with Crippen molar-refractivity contribution in [2.75, 3.05) is 0 Å². The molecule has 0 saturated carbocycles. The van der Waals surface area contributed by atoms with E-state index < -0.39 is 31.5 Å². The van der Waals surface area contributed by atoms with Crippen LogP contribution in [0.2, 0.25) is 0 Å². The van der Waals surface area contributed by atoms with Gasteiger partial charge in [0.25, 0.3) is 0 Å². The molecule has 0 atom stereocenters. The third-order valence-corrected chi connectivity index (χ3v) is 4.22. The largest absolute Gasteiger partial charge is 0.306 e. The monoisotopic (exact) mass is 247 g/mol. The standard InChI is InChI=1S/C9H10FNO4S/c1-6(2)16(14,15)7-3-4-8(10)9(5-7)11(12)13/h3-6H,1-2H3. The SMILES string of the molecule is CC(C)S(=O)(=O)c1ccc(F)c([N+](=O)[O-])c1. The van der Waals surface area contributed by atoms with E-state index in [0.29, 0.717) is 0 Å². The molecule has 0 aliphatic rings. The fourth-order valence-corrected chi connectivity index (χ4v) is 2.16. The van der Waals surface area contributed by atoms with Crippen molar-refractivity contribution in [1.82, 2.24) is 0 Å². The Morgan fingerprint density at radius 1 is 1.38 bits per heavy atom. The second kappa shape index (κ2) is 4.17. The summed E-state index contributed by atoms with van der Waals surface area (Å²) in [7, 11) is -3.62. The van der Waals surface area contributed by atoms with Crippen LogP contribution in [0.15, 0.2) is 23.1 Å². The van der Waals surface area contributed by atoms with Gasteiger partial charge >= 0.3 is 5.69 Å². The van der Waals surface area contributed by atoms with Crippen LogP contribution in [-0.4, -0.2) is 18.6 Å². The molecule has 0 unspecified atom stereocenters. The van der Waals surface area contributed by atoms with Crippen LogP contribution >= 0.6 is 0 Å². The Morgan fingerprint density at radius 2 is 1.94 bits per heavy atom. The summed E-state index contributed by atoms with van der Waals surface area (Å²) in [4.78, 5) is 9.25. The van der Waals surface area contributed by atoms with Gasteiger partial charge in [-0.3, -0.25) is 10.1 Å². The molecule has 16 heavy (non-hydrogen) atoms. The van der Waals surface area contributed by atoms with Crippen LogP contribution in [0.1, 0.15) is 13.8 Å². The summed E-state index contributed by atoms with van der Waals surface area (Å²) >= 11 is 0. The van der Waals surface area contributed by atoms with Gasteiger partial charge in [0.05, 0.1) is 15.1 Å². The van der Waals surface area contributed by atoms with Gasteiger partial charge in [-0.25, -0.2) is 8.42 Å². The first kappa shape index (κ1) is 12.6. The number of hydrogen-bond acceptors (Lipinski definition) is 4. The van der Waals surface area contributed by atoms with Gasteiger partial charge in [-0.05, 0) is 26.0 Å². The highest BCUT2D eigenvalue weighted by molar-refractivity contribution is 7.92. The molecular formula is C9H10FNO4S. The number of hydrogen-bond donors (Lipinski definition) is 0. The second-order valence-electron chi connectivity index (χ2n) is 3.46.